The third kappa shape index (κ3) is 4.59. The van der Waals surface area contributed by atoms with E-state index in [2.05, 4.69) is 17.9 Å². The highest BCUT2D eigenvalue weighted by Crippen LogP contribution is 2.28. The molecule has 1 aromatic heterocycles. The highest BCUT2D eigenvalue weighted by molar-refractivity contribution is 7.80. The lowest BCUT2D eigenvalue weighted by Gasteiger charge is -2.06. The van der Waals surface area contributed by atoms with E-state index in [0.29, 0.717) is 33.9 Å². The first kappa shape index (κ1) is 16.1. The topological polar surface area (TPSA) is 51.5 Å². The monoisotopic (exact) mass is 345 g/mol. The van der Waals surface area contributed by atoms with Gasteiger partial charge in [-0.1, -0.05) is 23.2 Å². The molecule has 0 radical (unpaired) electrons. The molecule has 0 spiro atoms. The van der Waals surface area contributed by atoms with Gasteiger partial charge in [-0.3, -0.25) is 4.79 Å². The Morgan fingerprint density at radius 2 is 2.10 bits per heavy atom. The Balaban J connectivity index is 1.95. The number of rotatable bonds is 6. The molecule has 112 valence electrons. The normalized spacial score (nSPS) is 10.4. The van der Waals surface area contributed by atoms with E-state index in [1.807, 2.05) is 0 Å². The summed E-state index contributed by atoms with van der Waals surface area (Å²) in [5, 5.41) is 3.62. The van der Waals surface area contributed by atoms with Crippen molar-refractivity contribution in [1.82, 2.24) is 5.32 Å². The summed E-state index contributed by atoms with van der Waals surface area (Å²) >= 11 is 15.8. The molecule has 0 unspecified atom stereocenters. The molecule has 0 aliphatic heterocycles. The Morgan fingerprint density at radius 3 is 2.81 bits per heavy atom. The molecule has 0 aliphatic rings. The van der Waals surface area contributed by atoms with Crippen LogP contribution in [0.2, 0.25) is 10.0 Å². The van der Waals surface area contributed by atoms with Crippen molar-refractivity contribution < 1.29 is 13.9 Å². The van der Waals surface area contributed by atoms with Crippen LogP contribution in [0.1, 0.15) is 16.3 Å². The molecule has 0 saturated carbocycles. The summed E-state index contributed by atoms with van der Waals surface area (Å²) in [7, 11) is 0. The van der Waals surface area contributed by atoms with Crippen molar-refractivity contribution in [3.05, 3.63) is 51.9 Å². The molecule has 2 aromatic rings. The smallest absolute Gasteiger partial charge is 0.287 e. The second-order valence-electron chi connectivity index (χ2n) is 4.11. The third-order valence-corrected chi connectivity index (χ3v) is 3.30. The van der Waals surface area contributed by atoms with Crippen LogP contribution in [0, 0.1) is 0 Å². The van der Waals surface area contributed by atoms with Crippen LogP contribution in [-0.4, -0.2) is 18.2 Å². The number of carbonyl (C=O) groups excluding carboxylic acids is 1. The number of carbonyl (C=O) groups is 1. The van der Waals surface area contributed by atoms with Gasteiger partial charge in [-0.2, -0.15) is 12.6 Å². The van der Waals surface area contributed by atoms with Crippen molar-refractivity contribution in [2.24, 2.45) is 0 Å². The number of hydrogen-bond donors (Lipinski definition) is 2. The van der Waals surface area contributed by atoms with Crippen LogP contribution < -0.4 is 10.1 Å². The van der Waals surface area contributed by atoms with Crippen molar-refractivity contribution in [3.8, 4) is 5.75 Å². The first-order chi connectivity index (χ1) is 10.1. The second kappa shape index (κ2) is 7.64. The van der Waals surface area contributed by atoms with E-state index in [1.165, 1.54) is 0 Å². The maximum atomic E-state index is 11.7. The van der Waals surface area contributed by atoms with Crippen molar-refractivity contribution in [2.45, 2.75) is 6.61 Å². The molecule has 4 nitrogen and oxygen atoms in total. The summed E-state index contributed by atoms with van der Waals surface area (Å²) in [6, 6.07) is 8.22. The molecule has 2 rings (SSSR count). The molecule has 0 aliphatic carbocycles. The first-order valence-electron chi connectivity index (χ1n) is 6.16. The summed E-state index contributed by atoms with van der Waals surface area (Å²) < 4.78 is 10.9. The zero-order valence-electron chi connectivity index (χ0n) is 10.9. The molecule has 1 heterocycles. The molecular weight excluding hydrogens is 333 g/mol. The van der Waals surface area contributed by atoms with E-state index in [4.69, 9.17) is 32.4 Å². The van der Waals surface area contributed by atoms with Gasteiger partial charge < -0.3 is 14.5 Å². The fourth-order valence-corrected chi connectivity index (χ4v) is 2.15. The van der Waals surface area contributed by atoms with E-state index in [1.54, 1.807) is 30.3 Å². The Morgan fingerprint density at radius 1 is 1.29 bits per heavy atom. The van der Waals surface area contributed by atoms with Gasteiger partial charge in [-0.05, 0) is 30.3 Å². The van der Waals surface area contributed by atoms with Crippen molar-refractivity contribution in [1.29, 1.82) is 0 Å². The van der Waals surface area contributed by atoms with Gasteiger partial charge in [0.2, 0.25) is 0 Å². The van der Waals surface area contributed by atoms with Gasteiger partial charge >= 0.3 is 0 Å². The van der Waals surface area contributed by atoms with Gasteiger partial charge in [0, 0.05) is 17.3 Å². The maximum absolute atomic E-state index is 11.7. The number of halogens is 2. The fraction of sp³-hybridized carbons (Fsp3) is 0.214. The second-order valence-corrected chi connectivity index (χ2v) is 5.40. The lowest BCUT2D eigenvalue weighted by molar-refractivity contribution is 0.0924. The highest BCUT2D eigenvalue weighted by Gasteiger charge is 2.11. The Hall–Kier alpha value is -1.30. The Bertz CT molecular complexity index is 630. The number of amides is 1. The molecule has 21 heavy (non-hydrogen) atoms. The van der Waals surface area contributed by atoms with Crippen LogP contribution in [0.25, 0.3) is 0 Å². The molecular formula is C14H13Cl2NO3S. The predicted octanol–water partition coefficient (Wildman–Crippen LogP) is 3.83. The van der Waals surface area contributed by atoms with Crippen molar-refractivity contribution >= 4 is 41.7 Å². The van der Waals surface area contributed by atoms with Crippen LogP contribution in [0.4, 0.5) is 0 Å². The average Bonchev–Trinajstić information content (AvgIpc) is 2.93. The van der Waals surface area contributed by atoms with Gasteiger partial charge in [-0.25, -0.2) is 0 Å². The predicted molar refractivity (Wildman–Crippen MR) is 85.7 cm³/mol. The lowest BCUT2D eigenvalue weighted by atomic mass is 10.3. The third-order valence-electron chi connectivity index (χ3n) is 2.55. The summed E-state index contributed by atoms with van der Waals surface area (Å²) in [5.41, 5.74) is 0. The SMILES string of the molecule is O=C(NCCS)c1ccc(COc2ccc(Cl)cc2Cl)o1. The van der Waals surface area contributed by atoms with E-state index in [0.717, 1.165) is 0 Å². The van der Waals surface area contributed by atoms with Gasteiger partial charge in [0.25, 0.3) is 5.91 Å². The quantitative estimate of drug-likeness (QED) is 0.782. The first-order valence-corrected chi connectivity index (χ1v) is 7.54. The minimum Gasteiger partial charge on any atom is -0.484 e. The molecule has 0 atom stereocenters. The lowest BCUT2D eigenvalue weighted by Crippen LogP contribution is -2.24. The maximum Gasteiger partial charge on any atom is 0.287 e. The molecule has 1 amide bonds. The van der Waals surface area contributed by atoms with Crippen LogP contribution in [0.3, 0.4) is 0 Å². The Labute approximate surface area is 137 Å². The van der Waals surface area contributed by atoms with E-state index >= 15 is 0 Å². The number of benzene rings is 1. The Kier molecular flexibility index (Phi) is 5.85. The zero-order valence-corrected chi connectivity index (χ0v) is 13.3. The fourth-order valence-electron chi connectivity index (χ4n) is 1.58. The minimum absolute atomic E-state index is 0.168. The number of furan rings is 1. The van der Waals surface area contributed by atoms with Gasteiger partial charge in [0.05, 0.1) is 5.02 Å². The van der Waals surface area contributed by atoms with E-state index in [9.17, 15) is 4.79 Å². The number of ether oxygens (including phenoxy) is 1. The van der Waals surface area contributed by atoms with Crippen LogP contribution in [0.15, 0.2) is 34.7 Å². The highest BCUT2D eigenvalue weighted by atomic mass is 35.5. The summed E-state index contributed by atoms with van der Waals surface area (Å²) in [5.74, 6) is 1.55. The van der Waals surface area contributed by atoms with E-state index in [-0.39, 0.29) is 18.3 Å². The molecule has 0 bridgehead atoms. The van der Waals surface area contributed by atoms with Gasteiger partial charge in [-0.15, -0.1) is 0 Å². The average molecular weight is 346 g/mol. The van der Waals surface area contributed by atoms with E-state index < -0.39 is 0 Å². The molecule has 0 fully saturated rings. The summed E-state index contributed by atoms with van der Waals surface area (Å²) in [4.78, 5) is 11.7. The van der Waals surface area contributed by atoms with Crippen LogP contribution >= 0.6 is 35.8 Å². The largest absolute Gasteiger partial charge is 0.484 e. The van der Waals surface area contributed by atoms with Gasteiger partial charge in [0.1, 0.15) is 18.1 Å². The number of thiol groups is 1. The zero-order chi connectivity index (χ0) is 15.2. The van der Waals surface area contributed by atoms with Crippen molar-refractivity contribution in [2.75, 3.05) is 12.3 Å². The molecule has 1 aromatic carbocycles. The summed E-state index contributed by atoms with van der Waals surface area (Å²) in [6.45, 7) is 0.649. The molecule has 1 N–H and O–H groups in total. The van der Waals surface area contributed by atoms with Crippen LogP contribution in [0.5, 0.6) is 5.75 Å². The van der Waals surface area contributed by atoms with Crippen molar-refractivity contribution in [3.63, 3.8) is 0 Å². The van der Waals surface area contributed by atoms with Gasteiger partial charge in [0.15, 0.2) is 5.76 Å². The molecule has 0 saturated heterocycles. The summed E-state index contributed by atoms with van der Waals surface area (Å²) in [6.07, 6.45) is 0. The molecule has 7 heteroatoms. The number of hydrogen-bond acceptors (Lipinski definition) is 4. The number of nitrogens with one attached hydrogen (secondary N) is 1. The van der Waals surface area contributed by atoms with Crippen LogP contribution in [-0.2, 0) is 6.61 Å². The minimum atomic E-state index is -0.278. The standard InChI is InChI=1S/C14H13Cl2NO3S/c15-9-1-3-12(11(16)7-9)19-8-10-2-4-13(20-10)14(18)17-5-6-21/h1-4,7,21H,5-6,8H2,(H,17,18).